The molecule has 2 N–H and O–H groups in total. The Morgan fingerprint density at radius 3 is 3.07 bits per heavy atom. The van der Waals surface area contributed by atoms with Gasteiger partial charge >= 0.3 is 0 Å². The van der Waals surface area contributed by atoms with E-state index in [1.54, 1.807) is 0 Å². The van der Waals surface area contributed by atoms with Crippen molar-refractivity contribution in [1.29, 1.82) is 0 Å². The smallest absolute Gasteiger partial charge is 0.226 e. The highest BCUT2D eigenvalue weighted by molar-refractivity contribution is 5.96. The van der Waals surface area contributed by atoms with Gasteiger partial charge in [0.05, 0.1) is 5.69 Å². The first-order valence-corrected chi connectivity index (χ1v) is 4.83. The normalized spacial score (nSPS) is 15.4. The van der Waals surface area contributed by atoms with Crippen LogP contribution in [0.4, 0.5) is 11.5 Å². The van der Waals surface area contributed by atoms with E-state index >= 15 is 0 Å². The number of amides is 1. The van der Waals surface area contributed by atoms with Crippen LogP contribution in [0.1, 0.15) is 19.0 Å². The van der Waals surface area contributed by atoms with Gasteiger partial charge in [0.15, 0.2) is 0 Å². The Hall–Kier alpha value is -1.52. The molecule has 0 bridgehead atoms. The maximum absolute atomic E-state index is 11.3. The average Bonchev–Trinajstić information content (AvgIpc) is 2.36. The third kappa shape index (κ3) is 1.34. The van der Waals surface area contributed by atoms with E-state index in [4.69, 9.17) is 0 Å². The Morgan fingerprint density at radius 2 is 2.36 bits per heavy atom. The number of fused-ring (bicyclic) bond motifs is 1. The van der Waals surface area contributed by atoms with Gasteiger partial charge in [-0.1, -0.05) is 0 Å². The molecular formula is C9H14N4O. The van der Waals surface area contributed by atoms with Crippen molar-refractivity contribution in [1.82, 2.24) is 9.78 Å². The van der Waals surface area contributed by atoms with E-state index in [0.29, 0.717) is 13.0 Å². The van der Waals surface area contributed by atoms with E-state index in [1.807, 2.05) is 18.5 Å². The molecule has 5 nitrogen and oxygen atoms in total. The van der Waals surface area contributed by atoms with Gasteiger partial charge in [-0.15, -0.1) is 0 Å². The van der Waals surface area contributed by atoms with E-state index in [1.165, 1.54) is 0 Å². The van der Waals surface area contributed by atoms with Crippen LogP contribution in [-0.2, 0) is 11.3 Å². The lowest BCUT2D eigenvalue weighted by Crippen LogP contribution is -2.12. The molecule has 0 fully saturated rings. The molecule has 0 radical (unpaired) electrons. The van der Waals surface area contributed by atoms with Gasteiger partial charge in [0.2, 0.25) is 5.91 Å². The van der Waals surface area contributed by atoms with Gasteiger partial charge in [-0.3, -0.25) is 4.79 Å². The maximum Gasteiger partial charge on any atom is 0.226 e. The predicted octanol–water partition coefficient (Wildman–Crippen LogP) is 0.966. The first-order valence-electron chi connectivity index (χ1n) is 4.83. The summed E-state index contributed by atoms with van der Waals surface area (Å²) in [5.74, 6) is 0.978. The molecule has 0 unspecified atom stereocenters. The summed E-state index contributed by atoms with van der Waals surface area (Å²) < 4.78 is 1.87. The third-order valence-electron chi connectivity index (χ3n) is 2.34. The Labute approximate surface area is 82.5 Å². The van der Waals surface area contributed by atoms with E-state index in [0.717, 1.165) is 23.7 Å². The van der Waals surface area contributed by atoms with Gasteiger partial charge < -0.3 is 10.6 Å². The Morgan fingerprint density at radius 1 is 1.57 bits per heavy atom. The molecule has 0 aromatic carbocycles. The van der Waals surface area contributed by atoms with E-state index in [-0.39, 0.29) is 5.91 Å². The first-order chi connectivity index (χ1) is 6.72. The number of hydrogen-bond acceptors (Lipinski definition) is 3. The monoisotopic (exact) mass is 194 g/mol. The SMILES string of the molecule is CCn1nc(C)c2c1NCCC(=O)N2. The summed E-state index contributed by atoms with van der Waals surface area (Å²) in [6, 6.07) is 0. The zero-order chi connectivity index (χ0) is 10.1. The second-order valence-electron chi connectivity index (χ2n) is 3.35. The maximum atomic E-state index is 11.3. The molecule has 0 saturated carbocycles. The summed E-state index contributed by atoms with van der Waals surface area (Å²) in [5, 5.41) is 10.4. The van der Waals surface area contributed by atoms with Crippen molar-refractivity contribution in [3.8, 4) is 0 Å². The highest BCUT2D eigenvalue weighted by Crippen LogP contribution is 2.27. The third-order valence-corrected chi connectivity index (χ3v) is 2.34. The summed E-state index contributed by atoms with van der Waals surface area (Å²) >= 11 is 0. The fourth-order valence-electron chi connectivity index (χ4n) is 1.64. The van der Waals surface area contributed by atoms with Gasteiger partial charge in [-0.25, -0.2) is 4.68 Å². The second-order valence-corrected chi connectivity index (χ2v) is 3.35. The van der Waals surface area contributed by atoms with E-state index < -0.39 is 0 Å². The van der Waals surface area contributed by atoms with Gasteiger partial charge in [-0.2, -0.15) is 5.10 Å². The van der Waals surface area contributed by atoms with Gasteiger partial charge in [0, 0.05) is 19.5 Å². The molecule has 1 amide bonds. The summed E-state index contributed by atoms with van der Waals surface area (Å²) in [5.41, 5.74) is 1.69. The largest absolute Gasteiger partial charge is 0.368 e. The topological polar surface area (TPSA) is 59.0 Å². The predicted molar refractivity (Wildman–Crippen MR) is 54.4 cm³/mol. The molecule has 0 aliphatic carbocycles. The van der Waals surface area contributed by atoms with Crippen molar-refractivity contribution in [2.24, 2.45) is 0 Å². The molecule has 1 aliphatic heterocycles. The lowest BCUT2D eigenvalue weighted by molar-refractivity contribution is -0.115. The number of anilines is 2. The van der Waals surface area contributed by atoms with Gasteiger partial charge in [0.1, 0.15) is 11.5 Å². The van der Waals surface area contributed by atoms with Crippen molar-refractivity contribution in [2.45, 2.75) is 26.8 Å². The molecule has 0 atom stereocenters. The fourth-order valence-corrected chi connectivity index (χ4v) is 1.64. The number of aryl methyl sites for hydroxylation is 2. The van der Waals surface area contributed by atoms with E-state index in [9.17, 15) is 4.79 Å². The Kier molecular flexibility index (Phi) is 2.15. The lowest BCUT2D eigenvalue weighted by Gasteiger charge is -2.05. The zero-order valence-electron chi connectivity index (χ0n) is 8.42. The minimum Gasteiger partial charge on any atom is -0.368 e. The Bertz CT molecular complexity index is 369. The molecule has 1 aromatic heterocycles. The number of rotatable bonds is 1. The lowest BCUT2D eigenvalue weighted by atomic mass is 10.3. The minimum atomic E-state index is 0.0509. The van der Waals surface area contributed by atoms with Gasteiger partial charge in [-0.05, 0) is 13.8 Å². The summed E-state index contributed by atoms with van der Waals surface area (Å²) in [6.45, 7) is 5.41. The molecule has 1 aromatic rings. The van der Waals surface area contributed by atoms with Crippen LogP contribution in [0.25, 0.3) is 0 Å². The quantitative estimate of drug-likeness (QED) is 0.700. The van der Waals surface area contributed by atoms with Crippen molar-refractivity contribution < 1.29 is 4.79 Å². The summed E-state index contributed by atoms with van der Waals surface area (Å²) in [6.07, 6.45) is 0.512. The Balaban J connectivity index is 2.45. The number of hydrogen-bond donors (Lipinski definition) is 2. The van der Waals surface area contributed by atoms with Crippen LogP contribution < -0.4 is 10.6 Å². The van der Waals surface area contributed by atoms with Crippen molar-refractivity contribution in [2.75, 3.05) is 17.2 Å². The molecule has 0 spiro atoms. The minimum absolute atomic E-state index is 0.0509. The van der Waals surface area contributed by atoms with Crippen LogP contribution in [-0.4, -0.2) is 22.2 Å². The number of nitrogens with one attached hydrogen (secondary N) is 2. The van der Waals surface area contributed by atoms with Crippen LogP contribution in [0.3, 0.4) is 0 Å². The first kappa shape index (κ1) is 9.05. The fraction of sp³-hybridized carbons (Fsp3) is 0.556. The van der Waals surface area contributed by atoms with Crippen molar-refractivity contribution >= 4 is 17.4 Å². The van der Waals surface area contributed by atoms with E-state index in [2.05, 4.69) is 15.7 Å². The molecule has 0 saturated heterocycles. The highest BCUT2D eigenvalue weighted by atomic mass is 16.1. The van der Waals surface area contributed by atoms with Crippen LogP contribution in [0.5, 0.6) is 0 Å². The number of nitrogens with zero attached hydrogens (tertiary/aromatic N) is 2. The standard InChI is InChI=1S/C9H14N4O/c1-3-13-9-8(6(2)12-13)11-7(14)4-5-10-9/h10H,3-5H2,1-2H3,(H,11,14). The molecule has 14 heavy (non-hydrogen) atoms. The molecular weight excluding hydrogens is 180 g/mol. The second kappa shape index (κ2) is 3.32. The molecule has 2 heterocycles. The molecule has 5 heteroatoms. The number of aromatic nitrogens is 2. The summed E-state index contributed by atoms with van der Waals surface area (Å²) in [7, 11) is 0. The van der Waals surface area contributed by atoms with Crippen LogP contribution >= 0.6 is 0 Å². The zero-order valence-corrected chi connectivity index (χ0v) is 8.42. The van der Waals surface area contributed by atoms with Crippen LogP contribution in [0.2, 0.25) is 0 Å². The molecule has 76 valence electrons. The average molecular weight is 194 g/mol. The summed E-state index contributed by atoms with van der Waals surface area (Å²) in [4.78, 5) is 11.3. The van der Waals surface area contributed by atoms with Gasteiger partial charge in [0.25, 0.3) is 0 Å². The number of carbonyl (C=O) groups excluding carboxylic acids is 1. The van der Waals surface area contributed by atoms with Crippen LogP contribution in [0, 0.1) is 6.92 Å². The van der Waals surface area contributed by atoms with Crippen molar-refractivity contribution in [3.05, 3.63) is 5.69 Å². The highest BCUT2D eigenvalue weighted by Gasteiger charge is 2.19. The molecule has 1 aliphatic rings. The van der Waals surface area contributed by atoms with Crippen LogP contribution in [0.15, 0.2) is 0 Å². The number of carbonyl (C=O) groups is 1. The molecule has 2 rings (SSSR count). The van der Waals surface area contributed by atoms with Crippen molar-refractivity contribution in [3.63, 3.8) is 0 Å².